The van der Waals surface area contributed by atoms with Crippen LogP contribution in [0.15, 0.2) is 40.7 Å². The number of nitrogens with zero attached hydrogens (tertiary/aromatic N) is 2. The molecule has 12 heteroatoms. The maximum absolute atomic E-state index is 12.4. The normalized spacial score (nSPS) is 20.3. The van der Waals surface area contributed by atoms with Crippen molar-refractivity contribution >= 4 is 47.1 Å². The topological polar surface area (TPSA) is 134 Å². The predicted molar refractivity (Wildman–Crippen MR) is 98.5 cm³/mol. The number of pyridine rings is 1. The Bertz CT molecular complexity index is 894. The molecule has 1 aromatic rings. The smallest absolute Gasteiger partial charge is 0.618 e. The summed E-state index contributed by atoms with van der Waals surface area (Å²) in [6, 6.07) is 4.02. The number of rotatable bonds is 7. The van der Waals surface area contributed by atoms with Crippen molar-refractivity contribution in [2.75, 3.05) is 11.5 Å². The zero-order valence-electron chi connectivity index (χ0n) is 15.7. The average molecular weight is 445 g/mol. The van der Waals surface area contributed by atoms with Crippen molar-refractivity contribution in [1.29, 1.82) is 0 Å². The van der Waals surface area contributed by atoms with Gasteiger partial charge in [-0.1, -0.05) is 11.8 Å². The molecular formula is C17H16N3NaO6S2. The van der Waals surface area contributed by atoms with Gasteiger partial charge >= 0.3 is 29.6 Å². The quantitative estimate of drug-likeness (QED) is 0.112. The summed E-state index contributed by atoms with van der Waals surface area (Å²) in [6.45, 7) is 1.27. The van der Waals surface area contributed by atoms with Crippen molar-refractivity contribution in [2.24, 2.45) is 0 Å². The standard InChI is InChI=1S/C17H17N3O6S2.Na/c1-9(21)6-11(22)18-13-15(23)20-14(17(24)25)10(8-28-16(13)20)7-27-12-4-2-3-5-19(12)26;/h2-5,13,16H,6-8H2,1H3,(H,18,22)(H,24,25);/q;+1/p-1/t13?,16-;/m1./s1. The Kier molecular flexibility index (Phi) is 8.18. The molecule has 0 radical (unpaired) electrons. The first-order valence-corrected chi connectivity index (χ1v) is 10.3. The van der Waals surface area contributed by atoms with E-state index in [1.54, 1.807) is 18.2 Å². The van der Waals surface area contributed by atoms with Gasteiger partial charge < -0.3 is 20.4 Å². The van der Waals surface area contributed by atoms with E-state index in [1.807, 2.05) is 0 Å². The van der Waals surface area contributed by atoms with E-state index >= 15 is 0 Å². The van der Waals surface area contributed by atoms with Crippen LogP contribution in [0, 0.1) is 5.21 Å². The third-order valence-electron chi connectivity index (χ3n) is 4.15. The molecule has 2 aliphatic rings. The first-order chi connectivity index (χ1) is 13.3. The van der Waals surface area contributed by atoms with Gasteiger partial charge in [0.15, 0.2) is 6.20 Å². The van der Waals surface area contributed by atoms with Gasteiger partial charge in [-0.2, -0.15) is 4.73 Å². The zero-order valence-corrected chi connectivity index (χ0v) is 19.4. The van der Waals surface area contributed by atoms with Crippen LogP contribution in [0.2, 0.25) is 0 Å². The predicted octanol–water partition coefficient (Wildman–Crippen LogP) is -4.20. The van der Waals surface area contributed by atoms with Gasteiger partial charge in [-0.25, -0.2) is 0 Å². The number of thioether (sulfide) groups is 2. The average Bonchev–Trinajstić information content (AvgIpc) is 2.64. The van der Waals surface area contributed by atoms with Crippen molar-refractivity contribution in [3.05, 3.63) is 40.9 Å². The van der Waals surface area contributed by atoms with Gasteiger partial charge in [-0.3, -0.25) is 19.3 Å². The van der Waals surface area contributed by atoms with E-state index < -0.39 is 29.2 Å². The molecule has 1 aromatic heterocycles. The molecule has 0 spiro atoms. The van der Waals surface area contributed by atoms with Gasteiger partial charge in [0.25, 0.3) is 10.9 Å². The number of hydrogen-bond donors (Lipinski definition) is 1. The Morgan fingerprint density at radius 1 is 1.38 bits per heavy atom. The summed E-state index contributed by atoms with van der Waals surface area (Å²) in [5.41, 5.74) is 0.253. The summed E-state index contributed by atoms with van der Waals surface area (Å²) >= 11 is 2.48. The van der Waals surface area contributed by atoms with E-state index in [9.17, 15) is 29.5 Å². The first kappa shape index (κ1) is 23.7. The summed E-state index contributed by atoms with van der Waals surface area (Å²) in [6.07, 6.45) is 1.01. The van der Waals surface area contributed by atoms with Crippen LogP contribution in [0.25, 0.3) is 0 Å². The number of β-lactam (4-membered cyclic amide) rings is 1. The van der Waals surface area contributed by atoms with Crippen LogP contribution in [0.3, 0.4) is 0 Å². The van der Waals surface area contributed by atoms with Crippen molar-refractivity contribution in [3.8, 4) is 0 Å². The Morgan fingerprint density at radius 2 is 2.10 bits per heavy atom. The molecule has 1 saturated heterocycles. The van der Waals surface area contributed by atoms with E-state index in [0.29, 0.717) is 21.1 Å². The van der Waals surface area contributed by atoms with E-state index in [4.69, 9.17) is 0 Å². The summed E-state index contributed by atoms with van der Waals surface area (Å²) in [7, 11) is 0. The van der Waals surface area contributed by atoms with Crippen molar-refractivity contribution < 1.29 is 58.6 Å². The van der Waals surface area contributed by atoms with Crippen molar-refractivity contribution in [2.45, 2.75) is 29.8 Å². The van der Waals surface area contributed by atoms with E-state index in [0.717, 1.165) is 16.7 Å². The second-order valence-electron chi connectivity index (χ2n) is 6.23. The number of hydrogen-bond acceptors (Lipinski definition) is 8. The SMILES string of the molecule is CC(=O)CC(=O)NC1C(=O)N2C(C(=O)[O-])=C(CSc3cccc[n+]3[O-])CS[C@H]12.[Na+]. The molecule has 1 unspecified atom stereocenters. The van der Waals surface area contributed by atoms with Crippen LogP contribution in [0.1, 0.15) is 13.3 Å². The third kappa shape index (κ3) is 5.15. The molecule has 0 saturated carbocycles. The molecule has 0 aromatic carbocycles. The summed E-state index contributed by atoms with van der Waals surface area (Å²) < 4.78 is 0.679. The first-order valence-electron chi connectivity index (χ1n) is 8.27. The minimum Gasteiger partial charge on any atom is -0.618 e. The third-order valence-corrected chi connectivity index (χ3v) is 6.59. The second kappa shape index (κ2) is 9.98. The molecule has 2 aliphatic heterocycles. The number of ketones is 1. The summed E-state index contributed by atoms with van der Waals surface area (Å²) in [4.78, 5) is 48.0. The van der Waals surface area contributed by atoms with E-state index in [-0.39, 0.29) is 53.2 Å². The van der Waals surface area contributed by atoms with Gasteiger partial charge in [0.1, 0.15) is 17.2 Å². The van der Waals surface area contributed by atoms with Crippen LogP contribution >= 0.6 is 23.5 Å². The van der Waals surface area contributed by atoms with Crippen molar-refractivity contribution in [1.82, 2.24) is 10.2 Å². The number of carbonyl (C=O) groups is 4. The minimum absolute atomic E-state index is 0. The van der Waals surface area contributed by atoms with Crippen LogP contribution < -0.4 is 44.7 Å². The molecule has 148 valence electrons. The van der Waals surface area contributed by atoms with Gasteiger partial charge in [-0.15, -0.1) is 11.8 Å². The van der Waals surface area contributed by atoms with Gasteiger partial charge in [0, 0.05) is 23.6 Å². The number of aliphatic carboxylic acids is 1. The molecule has 3 rings (SSSR count). The monoisotopic (exact) mass is 445 g/mol. The molecule has 2 amide bonds. The molecule has 1 N–H and O–H groups in total. The number of carbonyl (C=O) groups excluding carboxylic acids is 4. The summed E-state index contributed by atoms with van der Waals surface area (Å²) in [5, 5.41) is 25.7. The minimum atomic E-state index is -1.48. The molecule has 1 fully saturated rings. The van der Waals surface area contributed by atoms with Crippen LogP contribution in [0.4, 0.5) is 0 Å². The maximum Gasteiger partial charge on any atom is 1.00 e. The zero-order chi connectivity index (χ0) is 20.4. The molecule has 9 nitrogen and oxygen atoms in total. The maximum atomic E-state index is 12.4. The van der Waals surface area contributed by atoms with Gasteiger partial charge in [0.2, 0.25) is 5.91 Å². The Morgan fingerprint density at radius 3 is 2.72 bits per heavy atom. The Labute approximate surface area is 197 Å². The fourth-order valence-corrected chi connectivity index (χ4v) is 5.32. The van der Waals surface area contributed by atoms with E-state index in [2.05, 4.69) is 5.32 Å². The van der Waals surface area contributed by atoms with Crippen LogP contribution in [-0.2, 0) is 19.2 Å². The number of carboxylic acid groups (broad SMARTS) is 1. The van der Waals surface area contributed by atoms with E-state index in [1.165, 1.54) is 24.9 Å². The largest absolute Gasteiger partial charge is 1.00 e. The molecule has 0 bridgehead atoms. The second-order valence-corrected chi connectivity index (χ2v) is 8.33. The number of nitrogens with one attached hydrogen (secondary N) is 1. The van der Waals surface area contributed by atoms with Crippen molar-refractivity contribution in [3.63, 3.8) is 0 Å². The number of aromatic nitrogens is 1. The van der Waals surface area contributed by atoms with Crippen LogP contribution in [0.5, 0.6) is 0 Å². The Balaban J connectivity index is 0.00000300. The number of amides is 2. The fraction of sp³-hybridized carbons (Fsp3) is 0.353. The molecule has 0 aliphatic carbocycles. The molecule has 2 atom stereocenters. The number of carboxylic acids is 1. The van der Waals surface area contributed by atoms with Gasteiger partial charge in [-0.05, 0) is 18.6 Å². The fourth-order valence-electron chi connectivity index (χ4n) is 2.92. The molecule has 3 heterocycles. The molecular weight excluding hydrogens is 429 g/mol. The van der Waals surface area contributed by atoms with Gasteiger partial charge in [0.05, 0.1) is 18.1 Å². The number of fused-ring (bicyclic) bond motifs is 1. The number of Topliss-reactive ketones (excluding diaryl/α,β-unsaturated/α-hetero) is 1. The molecule has 29 heavy (non-hydrogen) atoms. The Hall–Kier alpha value is -1.53. The van der Waals surface area contributed by atoms with Crippen LogP contribution in [-0.4, -0.2) is 51.4 Å². The summed E-state index contributed by atoms with van der Waals surface area (Å²) in [5.74, 6) is -2.42.